The lowest BCUT2D eigenvalue weighted by atomic mass is 9.82. The van der Waals surface area contributed by atoms with Crippen LogP contribution in [0.5, 0.6) is 0 Å². The zero-order valence-corrected chi connectivity index (χ0v) is 15.2. The fraction of sp³-hybridized carbons (Fsp3) is 0.833. The van der Waals surface area contributed by atoms with Crippen molar-refractivity contribution in [3.63, 3.8) is 0 Å². The first-order chi connectivity index (χ1) is 11.9. The average molecular weight is 353 g/mol. The van der Waals surface area contributed by atoms with Crippen LogP contribution in [0.25, 0.3) is 0 Å². The topological polar surface area (TPSA) is 98.7 Å². The summed E-state index contributed by atoms with van der Waals surface area (Å²) in [5.41, 5.74) is -0.841. The lowest BCUT2D eigenvalue weighted by Gasteiger charge is -2.37. The molecular weight excluding hydrogens is 322 g/mol. The molecule has 1 unspecified atom stereocenters. The normalized spacial score (nSPS) is 24.6. The second-order valence-corrected chi connectivity index (χ2v) is 7.62. The summed E-state index contributed by atoms with van der Waals surface area (Å²) in [4.78, 5) is 37.1. The van der Waals surface area contributed by atoms with E-state index in [1.165, 1.54) is 19.3 Å². The molecule has 3 amide bonds. The molecule has 1 saturated heterocycles. The second-order valence-electron chi connectivity index (χ2n) is 7.62. The Morgan fingerprint density at radius 2 is 1.88 bits per heavy atom. The van der Waals surface area contributed by atoms with Crippen LogP contribution in [0.15, 0.2) is 0 Å². The third-order valence-electron chi connectivity index (χ3n) is 5.36. The summed E-state index contributed by atoms with van der Waals surface area (Å²) in [5, 5.41) is 15.1. The number of carboxylic acid groups (broad SMARTS) is 1. The number of piperidine rings is 1. The molecule has 1 aliphatic carbocycles. The fourth-order valence-electron chi connectivity index (χ4n) is 3.71. The summed E-state index contributed by atoms with van der Waals surface area (Å²) in [7, 11) is 0. The molecule has 3 N–H and O–H groups in total. The van der Waals surface area contributed by atoms with E-state index in [1.54, 1.807) is 11.8 Å². The zero-order valence-electron chi connectivity index (χ0n) is 15.2. The van der Waals surface area contributed by atoms with Crippen molar-refractivity contribution in [1.29, 1.82) is 0 Å². The average Bonchev–Trinajstić information content (AvgIpc) is 2.59. The lowest BCUT2D eigenvalue weighted by Crippen LogP contribution is -2.48. The summed E-state index contributed by atoms with van der Waals surface area (Å²) in [5.74, 6) is -0.868. The number of aliphatic carboxylic acids is 1. The number of hydrogen-bond donors (Lipinski definition) is 3. The first kappa shape index (κ1) is 19.5. The third-order valence-corrected chi connectivity index (χ3v) is 5.36. The van der Waals surface area contributed by atoms with Gasteiger partial charge in [-0.1, -0.05) is 19.3 Å². The van der Waals surface area contributed by atoms with Crippen molar-refractivity contribution in [3.8, 4) is 0 Å². The van der Waals surface area contributed by atoms with Crippen molar-refractivity contribution >= 4 is 17.9 Å². The molecule has 0 spiro atoms. The predicted molar refractivity (Wildman–Crippen MR) is 94.2 cm³/mol. The number of nitrogens with zero attached hydrogens (tertiary/aromatic N) is 1. The second kappa shape index (κ2) is 9.06. The molecule has 0 aromatic heterocycles. The van der Waals surface area contributed by atoms with Crippen molar-refractivity contribution in [2.75, 3.05) is 19.6 Å². The molecular formula is C18H31N3O4. The van der Waals surface area contributed by atoms with Gasteiger partial charge in [0, 0.05) is 32.1 Å². The third kappa shape index (κ3) is 5.90. The Balaban J connectivity index is 1.63. The van der Waals surface area contributed by atoms with Gasteiger partial charge in [-0.05, 0) is 39.0 Å². The van der Waals surface area contributed by atoms with Gasteiger partial charge in [0.1, 0.15) is 0 Å². The molecule has 7 nitrogen and oxygen atoms in total. The number of amides is 3. The minimum Gasteiger partial charge on any atom is -0.481 e. The quantitative estimate of drug-likeness (QED) is 0.637. The van der Waals surface area contributed by atoms with Gasteiger partial charge in [0.25, 0.3) is 0 Å². The number of nitrogens with one attached hydrogen (secondary N) is 2. The highest BCUT2D eigenvalue weighted by molar-refractivity contribution is 5.79. The molecule has 1 aliphatic heterocycles. The number of likely N-dealkylation sites (tertiary alicyclic amines) is 1. The van der Waals surface area contributed by atoms with Gasteiger partial charge in [0.05, 0.1) is 5.41 Å². The Morgan fingerprint density at radius 1 is 1.16 bits per heavy atom. The molecule has 142 valence electrons. The van der Waals surface area contributed by atoms with Crippen LogP contribution in [0.1, 0.15) is 64.7 Å². The van der Waals surface area contributed by atoms with E-state index in [0.717, 1.165) is 19.3 Å². The first-order valence-corrected chi connectivity index (χ1v) is 9.46. The Kier molecular flexibility index (Phi) is 7.08. The van der Waals surface area contributed by atoms with Crippen LogP contribution in [0.2, 0.25) is 0 Å². The number of rotatable bonds is 6. The molecule has 0 aromatic rings. The number of carbonyl (C=O) groups is 3. The van der Waals surface area contributed by atoms with Crippen molar-refractivity contribution in [1.82, 2.24) is 15.5 Å². The summed E-state index contributed by atoms with van der Waals surface area (Å²) in [6.07, 6.45) is 7.91. The van der Waals surface area contributed by atoms with Crippen molar-refractivity contribution in [3.05, 3.63) is 0 Å². The maximum absolute atomic E-state index is 12.3. The molecule has 1 atom stereocenters. The minimum absolute atomic E-state index is 0.0262. The van der Waals surface area contributed by atoms with Crippen molar-refractivity contribution in [2.45, 2.75) is 70.8 Å². The minimum atomic E-state index is -0.842. The Labute approximate surface area is 149 Å². The maximum atomic E-state index is 12.3. The smallest absolute Gasteiger partial charge is 0.315 e. The number of urea groups is 1. The van der Waals surface area contributed by atoms with Gasteiger partial charge in [-0.15, -0.1) is 0 Å². The van der Waals surface area contributed by atoms with Crippen LogP contribution in [-0.4, -0.2) is 53.6 Å². The molecule has 7 heteroatoms. The monoisotopic (exact) mass is 353 g/mol. The van der Waals surface area contributed by atoms with E-state index in [4.69, 9.17) is 0 Å². The van der Waals surface area contributed by atoms with E-state index in [1.807, 2.05) is 0 Å². The van der Waals surface area contributed by atoms with E-state index >= 15 is 0 Å². The zero-order chi connectivity index (χ0) is 18.3. The standard InChI is InChI=1S/C18H31N3O4/c1-18(16(23)24)10-6-12-21(13-18)15(22)9-5-11-19-17(25)20-14-7-3-2-4-8-14/h14H,2-13H2,1H3,(H,23,24)(H2,19,20,25). The summed E-state index contributed by atoms with van der Waals surface area (Å²) in [6.45, 7) is 3.05. The van der Waals surface area contributed by atoms with Crippen LogP contribution in [0.4, 0.5) is 4.79 Å². The van der Waals surface area contributed by atoms with Gasteiger partial charge in [-0.3, -0.25) is 9.59 Å². The highest BCUT2D eigenvalue weighted by Crippen LogP contribution is 2.30. The highest BCUT2D eigenvalue weighted by Gasteiger charge is 2.39. The number of carboxylic acids is 1. The van der Waals surface area contributed by atoms with E-state index in [2.05, 4.69) is 10.6 Å². The highest BCUT2D eigenvalue weighted by atomic mass is 16.4. The molecule has 2 fully saturated rings. The van der Waals surface area contributed by atoms with Crippen molar-refractivity contribution < 1.29 is 19.5 Å². The predicted octanol–water partition coefficient (Wildman–Crippen LogP) is 2.11. The van der Waals surface area contributed by atoms with Crippen molar-refractivity contribution in [2.24, 2.45) is 5.41 Å². The Hall–Kier alpha value is -1.79. The van der Waals surface area contributed by atoms with Crippen LogP contribution in [0, 0.1) is 5.41 Å². The summed E-state index contributed by atoms with van der Waals surface area (Å²) >= 11 is 0. The van der Waals surface area contributed by atoms with Crippen LogP contribution in [-0.2, 0) is 9.59 Å². The Bertz CT molecular complexity index is 491. The molecule has 2 rings (SSSR count). The van der Waals surface area contributed by atoms with E-state index in [9.17, 15) is 19.5 Å². The van der Waals surface area contributed by atoms with Crippen LogP contribution in [0.3, 0.4) is 0 Å². The molecule has 1 heterocycles. The maximum Gasteiger partial charge on any atom is 0.315 e. The van der Waals surface area contributed by atoms with Gasteiger partial charge < -0.3 is 20.6 Å². The largest absolute Gasteiger partial charge is 0.481 e. The Morgan fingerprint density at radius 3 is 2.56 bits per heavy atom. The van der Waals surface area contributed by atoms with Gasteiger partial charge in [-0.25, -0.2) is 4.79 Å². The molecule has 0 bridgehead atoms. The molecule has 2 aliphatic rings. The SMILES string of the molecule is CC1(C(=O)O)CCCN(C(=O)CCCNC(=O)NC2CCCCC2)C1. The summed E-state index contributed by atoms with van der Waals surface area (Å²) in [6, 6.07) is 0.119. The van der Waals surface area contributed by atoms with Crippen LogP contribution < -0.4 is 10.6 Å². The molecule has 0 radical (unpaired) electrons. The molecule has 25 heavy (non-hydrogen) atoms. The number of carbonyl (C=O) groups excluding carboxylic acids is 2. The van der Waals surface area contributed by atoms with E-state index in [-0.39, 0.29) is 24.5 Å². The lowest BCUT2D eigenvalue weighted by molar-refractivity contribution is -0.153. The van der Waals surface area contributed by atoms with Gasteiger partial charge >= 0.3 is 12.0 Å². The van der Waals surface area contributed by atoms with E-state index in [0.29, 0.717) is 32.4 Å². The summed E-state index contributed by atoms with van der Waals surface area (Å²) < 4.78 is 0. The van der Waals surface area contributed by atoms with Gasteiger partial charge in [0.15, 0.2) is 0 Å². The van der Waals surface area contributed by atoms with Crippen LogP contribution >= 0.6 is 0 Å². The number of hydrogen-bond acceptors (Lipinski definition) is 3. The molecule has 1 saturated carbocycles. The molecule has 0 aromatic carbocycles. The fourth-order valence-corrected chi connectivity index (χ4v) is 3.71. The van der Waals surface area contributed by atoms with Gasteiger partial charge in [-0.2, -0.15) is 0 Å². The van der Waals surface area contributed by atoms with E-state index < -0.39 is 11.4 Å². The van der Waals surface area contributed by atoms with Gasteiger partial charge in [0.2, 0.25) is 5.91 Å². The first-order valence-electron chi connectivity index (χ1n) is 9.46.